The van der Waals surface area contributed by atoms with Gasteiger partial charge >= 0.3 is 5.97 Å². The molecule has 0 saturated carbocycles. The van der Waals surface area contributed by atoms with Crippen molar-refractivity contribution in [1.29, 1.82) is 0 Å². The minimum atomic E-state index is -4.42. The summed E-state index contributed by atoms with van der Waals surface area (Å²) in [6, 6.07) is 28.7. The highest BCUT2D eigenvalue weighted by atomic mass is 32.2. The van der Waals surface area contributed by atoms with E-state index in [9.17, 15) is 32.1 Å². The lowest BCUT2D eigenvalue weighted by Crippen LogP contribution is -2.38. The molecule has 7 N–H and O–H groups in total. The van der Waals surface area contributed by atoms with Gasteiger partial charge in [0, 0.05) is 36.8 Å². The second-order valence-corrected chi connectivity index (χ2v) is 14.8. The number of H-pyrrole nitrogens is 1. The molecule has 58 heavy (non-hydrogen) atoms. The third kappa shape index (κ3) is 12.1. The Hall–Kier alpha value is -6.20. The minimum Gasteiger partial charge on any atom is -0.480 e. The summed E-state index contributed by atoms with van der Waals surface area (Å²) < 4.78 is 38.9. The van der Waals surface area contributed by atoms with E-state index in [-0.39, 0.29) is 48.6 Å². The maximum absolute atomic E-state index is 13.6. The fourth-order valence-corrected chi connectivity index (χ4v) is 6.86. The summed E-state index contributed by atoms with van der Waals surface area (Å²) in [5.41, 5.74) is 14.4. The van der Waals surface area contributed by atoms with E-state index in [0.29, 0.717) is 54.9 Å². The molecule has 15 nitrogen and oxygen atoms in total. The van der Waals surface area contributed by atoms with Crippen LogP contribution in [0.25, 0.3) is 22.3 Å². The van der Waals surface area contributed by atoms with Crippen LogP contribution in [0.1, 0.15) is 60.9 Å². The molecule has 2 amide bonds. The number of rotatable bonds is 21. The lowest BCUT2D eigenvalue weighted by molar-refractivity contribution is -0.138. The van der Waals surface area contributed by atoms with Gasteiger partial charge < -0.3 is 21.0 Å². The molecule has 0 fully saturated rings. The first-order chi connectivity index (χ1) is 27.9. The molecule has 0 aliphatic heterocycles. The number of hydrazine groups is 1. The number of unbranched alkanes of at least 4 members (excludes halogenated alkanes) is 3. The second kappa shape index (κ2) is 20.8. The van der Waals surface area contributed by atoms with Gasteiger partial charge in [-0.05, 0) is 79.5 Å². The number of aromatic nitrogens is 2. The van der Waals surface area contributed by atoms with Crippen LogP contribution in [0, 0.1) is 0 Å². The number of anilines is 1. The fourth-order valence-electron chi connectivity index (χ4n) is 6.13. The monoisotopic (exact) mass is 810 g/mol. The normalized spacial score (nSPS) is 11.8. The molecular weight excluding hydrogens is 765 g/mol. The summed E-state index contributed by atoms with van der Waals surface area (Å²) >= 11 is 0. The average molecular weight is 811 g/mol. The van der Waals surface area contributed by atoms with E-state index in [2.05, 4.69) is 20.8 Å². The van der Waals surface area contributed by atoms with Gasteiger partial charge in [0.25, 0.3) is 21.6 Å². The first kappa shape index (κ1) is 42.9. The Morgan fingerprint density at radius 3 is 2.17 bits per heavy atom. The Morgan fingerprint density at radius 2 is 1.52 bits per heavy atom. The van der Waals surface area contributed by atoms with E-state index < -0.39 is 33.9 Å². The van der Waals surface area contributed by atoms with E-state index in [1.165, 1.54) is 30.5 Å². The summed E-state index contributed by atoms with van der Waals surface area (Å²) in [6.07, 6.45) is 3.90. The number of benzene rings is 3. The van der Waals surface area contributed by atoms with Crippen LogP contribution in [0.15, 0.2) is 119 Å². The van der Waals surface area contributed by atoms with Crippen molar-refractivity contribution in [2.75, 3.05) is 18.6 Å². The molecule has 2 heterocycles. The summed E-state index contributed by atoms with van der Waals surface area (Å²) in [6.45, 7) is 0.347. The van der Waals surface area contributed by atoms with Crippen molar-refractivity contribution in [1.82, 2.24) is 20.3 Å². The van der Waals surface area contributed by atoms with Crippen molar-refractivity contribution in [3.63, 3.8) is 0 Å². The van der Waals surface area contributed by atoms with E-state index in [1.54, 1.807) is 12.1 Å². The Balaban J connectivity index is 1.17. The van der Waals surface area contributed by atoms with Crippen LogP contribution in [0.4, 0.5) is 5.82 Å². The largest absolute Gasteiger partial charge is 0.480 e. The first-order valence-electron chi connectivity index (χ1n) is 18.8. The van der Waals surface area contributed by atoms with Crippen LogP contribution in [-0.2, 0) is 26.3 Å². The van der Waals surface area contributed by atoms with E-state index in [0.717, 1.165) is 21.6 Å². The molecule has 0 spiro atoms. The SMILES string of the molecule is NC(CCCCN(C(=O)CCCCCOc1[nH]c(=O)c(-c2ccccc2)cc1-c1ccccc1)C(=O)c1ccc(NNCc2ccccc2S(=O)(=O)O)nc1)C(=O)O. The van der Waals surface area contributed by atoms with Crippen LogP contribution in [0.5, 0.6) is 5.88 Å². The number of nitrogens with one attached hydrogen (secondary N) is 3. The van der Waals surface area contributed by atoms with Crippen molar-refractivity contribution in [2.24, 2.45) is 5.73 Å². The van der Waals surface area contributed by atoms with E-state index in [1.807, 2.05) is 66.7 Å². The number of hydrogen-bond donors (Lipinski definition) is 6. The highest BCUT2D eigenvalue weighted by Crippen LogP contribution is 2.31. The third-order valence-corrected chi connectivity index (χ3v) is 10.2. The highest BCUT2D eigenvalue weighted by molar-refractivity contribution is 7.85. The summed E-state index contributed by atoms with van der Waals surface area (Å²) in [5, 5.41) is 9.13. The molecule has 1 unspecified atom stereocenters. The predicted molar refractivity (Wildman–Crippen MR) is 218 cm³/mol. The smallest absolute Gasteiger partial charge is 0.320 e. The number of pyridine rings is 2. The van der Waals surface area contributed by atoms with E-state index >= 15 is 0 Å². The van der Waals surface area contributed by atoms with Crippen molar-refractivity contribution >= 4 is 33.7 Å². The summed E-state index contributed by atoms with van der Waals surface area (Å²) in [5.74, 6) is -1.45. The maximum Gasteiger partial charge on any atom is 0.320 e. The number of carboxylic acids is 1. The van der Waals surface area contributed by atoms with Gasteiger partial charge in [0.2, 0.25) is 11.8 Å². The lowest BCUT2D eigenvalue weighted by atomic mass is 10.0. The molecule has 0 radical (unpaired) electrons. The molecule has 0 aliphatic rings. The number of nitrogens with two attached hydrogens (primary N) is 1. The average Bonchev–Trinajstić information content (AvgIpc) is 3.22. The van der Waals surface area contributed by atoms with Crippen LogP contribution in [0.2, 0.25) is 0 Å². The molecule has 3 aromatic carbocycles. The quantitative estimate of drug-likeness (QED) is 0.0299. The number of carbonyl (C=O) groups is 3. The van der Waals surface area contributed by atoms with Gasteiger partial charge in [0.15, 0.2) is 0 Å². The Morgan fingerprint density at radius 1 is 0.845 bits per heavy atom. The third-order valence-electron chi connectivity index (χ3n) is 9.22. The Bertz CT molecular complexity index is 2320. The number of amides is 2. The van der Waals surface area contributed by atoms with Crippen LogP contribution in [-0.4, -0.2) is 69.9 Å². The van der Waals surface area contributed by atoms with Crippen LogP contribution < -0.4 is 26.9 Å². The summed E-state index contributed by atoms with van der Waals surface area (Å²) in [4.78, 5) is 59.4. The standard InChI is InChI=1S/C42H46N6O9S/c43-35(42(52)53)19-11-12-24-48(41(51)32-22-23-37(44-27-32)47-45-28-31-18-9-10-20-36(31)58(54,55)56)38(49)21-8-3-13-25-57-40-34(30-16-6-2-7-17-30)26-33(39(50)46-40)29-14-4-1-5-15-29/h1-2,4-7,9-10,14-18,20,22-23,26-27,35,45H,3,8,11-13,19,21,24-25,28,43H2,(H,44,47)(H,46,50)(H,52,53)(H,54,55,56). The van der Waals surface area contributed by atoms with Gasteiger partial charge in [-0.2, -0.15) is 8.42 Å². The van der Waals surface area contributed by atoms with Crippen molar-refractivity contribution in [3.8, 4) is 28.1 Å². The van der Waals surface area contributed by atoms with Crippen molar-refractivity contribution in [3.05, 3.63) is 131 Å². The fraction of sp³-hybridized carbons (Fsp3) is 0.262. The number of ether oxygens (including phenoxy) is 1. The zero-order valence-electron chi connectivity index (χ0n) is 31.7. The molecule has 304 valence electrons. The molecule has 5 aromatic rings. The van der Waals surface area contributed by atoms with Gasteiger partial charge in [-0.1, -0.05) is 78.9 Å². The van der Waals surface area contributed by atoms with Gasteiger partial charge in [-0.3, -0.25) is 33.6 Å². The lowest BCUT2D eigenvalue weighted by Gasteiger charge is -2.21. The Labute approximate surface area is 336 Å². The van der Waals surface area contributed by atoms with E-state index in [4.69, 9.17) is 15.6 Å². The highest BCUT2D eigenvalue weighted by Gasteiger charge is 2.23. The number of hydrogen-bond acceptors (Lipinski definition) is 11. The van der Waals surface area contributed by atoms with Gasteiger partial charge in [0.1, 0.15) is 11.9 Å². The number of carbonyl (C=O) groups excluding carboxylic acids is 2. The molecule has 0 bridgehead atoms. The van der Waals surface area contributed by atoms with Crippen molar-refractivity contribution < 1.29 is 37.2 Å². The summed E-state index contributed by atoms with van der Waals surface area (Å²) in [7, 11) is -4.42. The molecule has 16 heteroatoms. The minimum absolute atomic E-state index is 0.0222. The number of carboxylic acid groups (broad SMARTS) is 1. The number of nitrogens with zero attached hydrogens (tertiary/aromatic N) is 2. The molecule has 2 aromatic heterocycles. The molecule has 0 saturated heterocycles. The Kier molecular flexibility index (Phi) is 15.4. The number of aromatic amines is 1. The first-order valence-corrected chi connectivity index (χ1v) is 20.2. The molecular formula is C42H46N6O9S. The molecule has 0 aliphatic carbocycles. The topological polar surface area (TPSA) is 234 Å². The van der Waals surface area contributed by atoms with Gasteiger partial charge in [0.05, 0.1) is 17.1 Å². The van der Waals surface area contributed by atoms with Crippen LogP contribution >= 0.6 is 0 Å². The van der Waals surface area contributed by atoms with Gasteiger partial charge in [-0.15, -0.1) is 0 Å². The predicted octanol–water partition coefficient (Wildman–Crippen LogP) is 5.66. The maximum atomic E-state index is 13.6. The van der Waals surface area contributed by atoms with Crippen LogP contribution in [0.3, 0.4) is 0 Å². The zero-order chi connectivity index (χ0) is 41.5. The van der Waals surface area contributed by atoms with Crippen molar-refractivity contribution in [2.45, 2.75) is 62.4 Å². The number of aliphatic carboxylic acids is 1. The molecule has 1 atom stereocenters. The number of imide groups is 1. The second-order valence-electron chi connectivity index (χ2n) is 13.4. The molecule has 5 rings (SSSR count). The van der Waals surface area contributed by atoms with Gasteiger partial charge in [-0.25, -0.2) is 10.4 Å². The zero-order valence-corrected chi connectivity index (χ0v) is 32.5.